The van der Waals surface area contributed by atoms with Crippen molar-refractivity contribution < 1.29 is 24.0 Å². The Kier molecular flexibility index (Phi) is 8.17. The van der Waals surface area contributed by atoms with Crippen LogP contribution in [0.4, 0.5) is 21.9 Å². The van der Waals surface area contributed by atoms with Gasteiger partial charge >= 0.3 is 6.03 Å². The smallest absolute Gasteiger partial charge is 0.329 e. The largest absolute Gasteiger partial charge is 0.495 e. The van der Waals surface area contributed by atoms with Crippen molar-refractivity contribution in [3.05, 3.63) is 81.4 Å². The van der Waals surface area contributed by atoms with E-state index >= 15 is 0 Å². The Morgan fingerprint density at radius 3 is 2.18 bits per heavy atom. The molecule has 0 unspecified atom stereocenters. The molecule has 0 saturated carbocycles. The third-order valence-electron chi connectivity index (χ3n) is 4.44. The predicted octanol–water partition coefficient (Wildman–Crippen LogP) is 5.35. The van der Waals surface area contributed by atoms with E-state index in [1.165, 1.54) is 32.4 Å². The zero-order valence-electron chi connectivity index (χ0n) is 18.0. The summed E-state index contributed by atoms with van der Waals surface area (Å²) in [4.78, 5) is 35.8. The fourth-order valence-corrected chi connectivity index (χ4v) is 3.81. The zero-order valence-corrected chi connectivity index (χ0v) is 19.5. The number of nitrogens with zero attached hydrogens (tertiary/aromatic N) is 1. The normalized spacial score (nSPS) is 10.2. The average molecular weight is 503 g/mol. The number of rotatable bonds is 8. The number of carbonyl (C=O) groups is 2. The van der Waals surface area contributed by atoms with Gasteiger partial charge < -0.3 is 20.1 Å². The van der Waals surface area contributed by atoms with Gasteiger partial charge in [0.1, 0.15) is 17.1 Å². The lowest BCUT2D eigenvalue weighted by atomic mass is 10.1. The van der Waals surface area contributed by atoms with Crippen molar-refractivity contribution in [1.29, 1.82) is 0 Å². The molecule has 10 nitrogen and oxygen atoms in total. The molecule has 0 aromatic heterocycles. The summed E-state index contributed by atoms with van der Waals surface area (Å²) in [6.07, 6.45) is 0. The Bertz CT molecular complexity index is 1220. The lowest BCUT2D eigenvalue weighted by molar-refractivity contribution is -0.385. The average Bonchev–Trinajstić information content (AvgIpc) is 2.84. The van der Waals surface area contributed by atoms with Gasteiger partial charge in [0, 0.05) is 23.5 Å². The topological polar surface area (TPSA) is 132 Å². The molecule has 0 bridgehead atoms. The third kappa shape index (κ3) is 6.09. The Morgan fingerprint density at radius 2 is 1.56 bits per heavy atom. The van der Waals surface area contributed by atoms with E-state index in [0.29, 0.717) is 32.8 Å². The number of para-hydroxylation sites is 1. The molecule has 0 atom stereocenters. The number of nitro groups is 1. The van der Waals surface area contributed by atoms with Gasteiger partial charge in [0.15, 0.2) is 0 Å². The number of nitro benzene ring substituents is 1. The van der Waals surface area contributed by atoms with E-state index in [-0.39, 0.29) is 11.3 Å². The number of urea groups is 1. The van der Waals surface area contributed by atoms with Crippen LogP contribution in [0.5, 0.6) is 11.5 Å². The number of hydrogen-bond acceptors (Lipinski definition) is 7. The van der Waals surface area contributed by atoms with Crippen molar-refractivity contribution in [2.75, 3.05) is 24.9 Å². The van der Waals surface area contributed by atoms with Crippen LogP contribution in [0.2, 0.25) is 5.02 Å². The number of nitrogens with one attached hydrogen (secondary N) is 3. The highest BCUT2D eigenvalue weighted by Crippen LogP contribution is 2.37. The Balaban J connectivity index is 1.59. The van der Waals surface area contributed by atoms with Crippen LogP contribution in [0.15, 0.2) is 65.6 Å². The predicted molar refractivity (Wildman–Crippen MR) is 130 cm³/mol. The van der Waals surface area contributed by atoms with Gasteiger partial charge in [-0.1, -0.05) is 23.7 Å². The van der Waals surface area contributed by atoms with E-state index in [1.807, 2.05) is 0 Å². The van der Waals surface area contributed by atoms with Crippen molar-refractivity contribution >= 4 is 52.5 Å². The van der Waals surface area contributed by atoms with Gasteiger partial charge in [-0.05, 0) is 48.3 Å². The van der Waals surface area contributed by atoms with Crippen molar-refractivity contribution in [3.8, 4) is 11.5 Å². The summed E-state index contributed by atoms with van der Waals surface area (Å²) in [5.74, 6) is 0.306. The molecule has 34 heavy (non-hydrogen) atoms. The maximum atomic E-state index is 12.4. The molecule has 0 heterocycles. The van der Waals surface area contributed by atoms with E-state index in [4.69, 9.17) is 21.1 Å². The lowest BCUT2D eigenvalue weighted by Crippen LogP contribution is -2.22. The fraction of sp³-hybridized carbons (Fsp3) is 0.0909. The zero-order chi connectivity index (χ0) is 24.7. The molecule has 3 amide bonds. The number of hydrogen-bond donors (Lipinski definition) is 3. The Hall–Kier alpha value is -3.96. The SMILES string of the molecule is COc1cc(OC)c(SNC(=O)Nc2ccc(NC(=O)c3ccccc3[N+](=O)[O-])cc2)cc1Cl. The number of ether oxygens (including phenoxy) is 2. The molecule has 3 N–H and O–H groups in total. The van der Waals surface area contributed by atoms with Crippen molar-refractivity contribution in [1.82, 2.24) is 4.72 Å². The van der Waals surface area contributed by atoms with Crippen molar-refractivity contribution in [2.24, 2.45) is 0 Å². The molecular weight excluding hydrogens is 484 g/mol. The molecule has 0 aliphatic rings. The first-order chi connectivity index (χ1) is 16.3. The summed E-state index contributed by atoms with van der Waals surface area (Å²) >= 11 is 7.14. The van der Waals surface area contributed by atoms with Crippen LogP contribution in [0.3, 0.4) is 0 Å². The van der Waals surface area contributed by atoms with Crippen LogP contribution in [-0.4, -0.2) is 31.1 Å². The number of anilines is 2. The van der Waals surface area contributed by atoms with Gasteiger partial charge in [-0.3, -0.25) is 19.6 Å². The third-order valence-corrected chi connectivity index (χ3v) is 5.56. The van der Waals surface area contributed by atoms with E-state index < -0.39 is 16.9 Å². The maximum absolute atomic E-state index is 12.4. The molecule has 0 spiro atoms. The van der Waals surface area contributed by atoms with Gasteiger partial charge in [-0.15, -0.1) is 0 Å². The first-order valence-electron chi connectivity index (χ1n) is 9.62. The van der Waals surface area contributed by atoms with E-state index in [0.717, 1.165) is 11.9 Å². The quantitative estimate of drug-likeness (QED) is 0.215. The molecule has 12 heteroatoms. The van der Waals surface area contributed by atoms with E-state index in [2.05, 4.69) is 15.4 Å². The molecule has 3 aromatic rings. The van der Waals surface area contributed by atoms with Gasteiger partial charge in [0.25, 0.3) is 11.6 Å². The highest BCUT2D eigenvalue weighted by atomic mass is 35.5. The molecule has 0 fully saturated rings. The van der Waals surface area contributed by atoms with Gasteiger partial charge in [0.2, 0.25) is 0 Å². The summed E-state index contributed by atoms with van der Waals surface area (Å²) in [6.45, 7) is 0. The summed E-state index contributed by atoms with van der Waals surface area (Å²) in [7, 11) is 2.98. The highest BCUT2D eigenvalue weighted by Gasteiger charge is 2.19. The maximum Gasteiger partial charge on any atom is 0.329 e. The van der Waals surface area contributed by atoms with Gasteiger partial charge in [-0.25, -0.2) is 4.79 Å². The van der Waals surface area contributed by atoms with Crippen LogP contribution >= 0.6 is 23.5 Å². The fourth-order valence-electron chi connectivity index (χ4n) is 2.83. The summed E-state index contributed by atoms with van der Waals surface area (Å²) in [5.41, 5.74) is 0.519. The Labute approximate surface area is 203 Å². The minimum absolute atomic E-state index is 0.0554. The van der Waals surface area contributed by atoms with Crippen LogP contribution in [0, 0.1) is 10.1 Å². The molecule has 3 rings (SSSR count). The molecule has 176 valence electrons. The minimum Gasteiger partial charge on any atom is -0.495 e. The standard InChI is InChI=1S/C22H19ClN4O6S/c1-32-18-12-19(33-2)20(11-16(18)23)34-26-22(29)25-14-9-7-13(8-10-14)24-21(28)15-5-3-4-6-17(15)27(30)31/h3-12H,1-2H3,(H,24,28)(H2,25,26,29). The van der Waals surface area contributed by atoms with E-state index in [1.54, 1.807) is 42.5 Å². The van der Waals surface area contributed by atoms with Crippen LogP contribution in [-0.2, 0) is 0 Å². The molecule has 0 aliphatic heterocycles. The molecule has 3 aromatic carbocycles. The highest BCUT2D eigenvalue weighted by molar-refractivity contribution is 7.98. The van der Waals surface area contributed by atoms with Crippen LogP contribution in [0.1, 0.15) is 10.4 Å². The van der Waals surface area contributed by atoms with Gasteiger partial charge in [-0.2, -0.15) is 0 Å². The first-order valence-corrected chi connectivity index (χ1v) is 10.8. The second-order valence-electron chi connectivity index (χ2n) is 6.60. The Morgan fingerprint density at radius 1 is 0.941 bits per heavy atom. The van der Waals surface area contributed by atoms with Crippen molar-refractivity contribution in [2.45, 2.75) is 4.90 Å². The number of benzene rings is 3. The molecule has 0 saturated heterocycles. The van der Waals surface area contributed by atoms with Gasteiger partial charge in [0.05, 0.1) is 29.1 Å². The van der Waals surface area contributed by atoms with Crippen LogP contribution in [0.25, 0.3) is 0 Å². The second-order valence-corrected chi connectivity index (χ2v) is 7.86. The number of methoxy groups -OCH3 is 2. The molecule has 0 radical (unpaired) electrons. The second kappa shape index (κ2) is 11.3. The summed E-state index contributed by atoms with van der Waals surface area (Å²) in [5, 5.41) is 16.7. The lowest BCUT2D eigenvalue weighted by Gasteiger charge is -2.12. The van der Waals surface area contributed by atoms with E-state index in [9.17, 15) is 19.7 Å². The number of halogens is 1. The monoisotopic (exact) mass is 502 g/mol. The number of amides is 3. The summed E-state index contributed by atoms with van der Waals surface area (Å²) in [6, 6.07) is 14.6. The van der Waals surface area contributed by atoms with Crippen LogP contribution < -0.4 is 24.8 Å². The van der Waals surface area contributed by atoms with Crippen molar-refractivity contribution in [3.63, 3.8) is 0 Å². The number of carbonyl (C=O) groups excluding carboxylic acids is 2. The molecule has 0 aliphatic carbocycles. The first kappa shape index (κ1) is 24.7. The minimum atomic E-state index is -0.617. The molecular formula is C22H19ClN4O6S. The summed E-state index contributed by atoms with van der Waals surface area (Å²) < 4.78 is 13.1.